The Morgan fingerprint density at radius 2 is 1.74 bits per heavy atom. The molecule has 0 atom stereocenters. The van der Waals surface area contributed by atoms with Crippen LogP contribution in [0.5, 0.6) is 0 Å². The molecular weight excluding hydrogens is 361 g/mol. The Bertz CT molecular complexity index is 778. The lowest BCUT2D eigenvalue weighted by Gasteiger charge is -2.05. The summed E-state index contributed by atoms with van der Waals surface area (Å²) in [6.07, 6.45) is 1.37. The predicted molar refractivity (Wildman–Crippen MR) is 92.3 cm³/mol. The molecule has 118 valence electrons. The van der Waals surface area contributed by atoms with Crippen molar-refractivity contribution in [1.29, 1.82) is 0 Å². The molecule has 0 bridgehead atoms. The number of hydrogen-bond donors (Lipinski definition) is 2. The van der Waals surface area contributed by atoms with Gasteiger partial charge in [0.2, 0.25) is 0 Å². The Morgan fingerprint density at radius 1 is 0.957 bits per heavy atom. The number of benzene rings is 2. The number of amides is 2. The third-order valence-corrected chi connectivity index (χ3v) is 3.59. The summed E-state index contributed by atoms with van der Waals surface area (Å²) in [5, 5.41) is 7.22. The van der Waals surface area contributed by atoms with Crippen LogP contribution in [0.1, 0.15) is 5.56 Å². The van der Waals surface area contributed by atoms with E-state index in [2.05, 4.69) is 15.8 Å². The Balaban J connectivity index is 1.92. The third-order valence-electron chi connectivity index (χ3n) is 2.61. The highest BCUT2D eigenvalue weighted by Gasteiger charge is 2.13. The fourth-order valence-electron chi connectivity index (χ4n) is 1.56. The normalized spacial score (nSPS) is 10.6. The Labute approximate surface area is 147 Å². The average molecular weight is 371 g/mol. The number of nitrogens with zero attached hydrogens (tertiary/aromatic N) is 1. The van der Waals surface area contributed by atoms with E-state index in [1.54, 1.807) is 24.3 Å². The van der Waals surface area contributed by atoms with Gasteiger partial charge in [-0.25, -0.2) is 5.43 Å². The minimum absolute atomic E-state index is 0.267. The van der Waals surface area contributed by atoms with Gasteiger partial charge in [0.25, 0.3) is 0 Å². The predicted octanol–water partition coefficient (Wildman–Crippen LogP) is 3.74. The van der Waals surface area contributed by atoms with Gasteiger partial charge in [0.1, 0.15) is 0 Å². The van der Waals surface area contributed by atoms with E-state index in [4.69, 9.17) is 34.8 Å². The monoisotopic (exact) mass is 369 g/mol. The van der Waals surface area contributed by atoms with Crippen LogP contribution in [0.2, 0.25) is 15.1 Å². The van der Waals surface area contributed by atoms with Crippen molar-refractivity contribution in [1.82, 2.24) is 5.43 Å². The van der Waals surface area contributed by atoms with Crippen LogP contribution in [-0.4, -0.2) is 18.0 Å². The largest absolute Gasteiger partial charge is 0.329 e. The van der Waals surface area contributed by atoms with Crippen molar-refractivity contribution in [2.45, 2.75) is 0 Å². The van der Waals surface area contributed by atoms with E-state index in [-0.39, 0.29) is 5.02 Å². The third kappa shape index (κ3) is 5.25. The van der Waals surface area contributed by atoms with Crippen LogP contribution < -0.4 is 10.7 Å². The first kappa shape index (κ1) is 17.3. The summed E-state index contributed by atoms with van der Waals surface area (Å²) < 4.78 is 0. The van der Waals surface area contributed by atoms with Crippen LogP contribution >= 0.6 is 34.8 Å². The second kappa shape index (κ2) is 7.97. The maximum absolute atomic E-state index is 11.7. The first-order valence-corrected chi connectivity index (χ1v) is 7.44. The fraction of sp³-hybridized carbons (Fsp3) is 0. The molecule has 23 heavy (non-hydrogen) atoms. The van der Waals surface area contributed by atoms with Gasteiger partial charge in [0, 0.05) is 10.7 Å². The van der Waals surface area contributed by atoms with Crippen LogP contribution in [0, 0.1) is 0 Å². The first-order chi connectivity index (χ1) is 11.0. The summed E-state index contributed by atoms with van der Waals surface area (Å²) in [5.74, 6) is -1.80. The summed E-state index contributed by atoms with van der Waals surface area (Å²) in [5.41, 5.74) is 3.14. The zero-order valence-electron chi connectivity index (χ0n) is 11.5. The standard InChI is InChI=1S/C15H10Cl3N3O2/c16-10-3-1-2-9(6-10)8-19-21-15(23)14(22)20-11-4-5-12(17)13(18)7-11/h1-8H,(H,20,22)(H,21,23)/b19-8-. The van der Waals surface area contributed by atoms with Gasteiger partial charge in [-0.2, -0.15) is 5.10 Å². The van der Waals surface area contributed by atoms with Crippen LogP contribution in [0.15, 0.2) is 47.6 Å². The van der Waals surface area contributed by atoms with Gasteiger partial charge in [-0.3, -0.25) is 9.59 Å². The molecule has 2 rings (SSSR count). The lowest BCUT2D eigenvalue weighted by atomic mass is 10.2. The van der Waals surface area contributed by atoms with Crippen LogP contribution in [0.3, 0.4) is 0 Å². The molecular formula is C15H10Cl3N3O2. The van der Waals surface area contributed by atoms with Gasteiger partial charge < -0.3 is 5.32 Å². The number of anilines is 1. The molecule has 2 aromatic carbocycles. The van der Waals surface area contributed by atoms with Crippen molar-refractivity contribution in [2.24, 2.45) is 5.10 Å². The lowest BCUT2D eigenvalue weighted by molar-refractivity contribution is -0.136. The quantitative estimate of drug-likeness (QED) is 0.491. The summed E-state index contributed by atoms with van der Waals surface area (Å²) in [6, 6.07) is 11.3. The molecule has 5 nitrogen and oxygen atoms in total. The smallest absolute Gasteiger partial charge is 0.318 e. The molecule has 2 aromatic rings. The molecule has 0 aromatic heterocycles. The number of carbonyl (C=O) groups is 2. The minimum atomic E-state index is -0.922. The van der Waals surface area contributed by atoms with Crippen molar-refractivity contribution in [2.75, 3.05) is 5.32 Å². The molecule has 0 fully saturated rings. The Kier molecular flexibility index (Phi) is 5.98. The fourth-order valence-corrected chi connectivity index (χ4v) is 2.06. The van der Waals surface area contributed by atoms with Gasteiger partial charge in [-0.15, -0.1) is 0 Å². The molecule has 0 aliphatic heterocycles. The van der Waals surface area contributed by atoms with Crippen LogP contribution in [0.25, 0.3) is 0 Å². The molecule has 2 N–H and O–H groups in total. The molecule has 0 radical (unpaired) electrons. The van der Waals surface area contributed by atoms with Gasteiger partial charge in [-0.05, 0) is 35.9 Å². The van der Waals surface area contributed by atoms with Crippen molar-refractivity contribution in [3.05, 3.63) is 63.1 Å². The molecule has 0 saturated heterocycles. The van der Waals surface area contributed by atoms with Gasteiger partial charge in [0.05, 0.1) is 16.3 Å². The number of rotatable bonds is 3. The lowest BCUT2D eigenvalue weighted by Crippen LogP contribution is -2.32. The maximum Gasteiger partial charge on any atom is 0.329 e. The molecule has 0 unspecified atom stereocenters. The highest BCUT2D eigenvalue weighted by molar-refractivity contribution is 6.43. The van der Waals surface area contributed by atoms with Crippen molar-refractivity contribution in [3.8, 4) is 0 Å². The Hall–Kier alpha value is -2.08. The molecule has 0 saturated carbocycles. The number of carbonyl (C=O) groups excluding carboxylic acids is 2. The van der Waals surface area contributed by atoms with E-state index in [0.717, 1.165) is 0 Å². The molecule has 0 heterocycles. The highest BCUT2D eigenvalue weighted by atomic mass is 35.5. The van der Waals surface area contributed by atoms with Crippen LogP contribution in [-0.2, 0) is 9.59 Å². The zero-order chi connectivity index (χ0) is 16.8. The molecule has 8 heteroatoms. The molecule has 0 aliphatic rings. The second-order valence-electron chi connectivity index (χ2n) is 4.34. The van der Waals surface area contributed by atoms with E-state index in [1.807, 2.05) is 0 Å². The zero-order valence-corrected chi connectivity index (χ0v) is 13.8. The van der Waals surface area contributed by atoms with E-state index >= 15 is 0 Å². The van der Waals surface area contributed by atoms with Gasteiger partial charge in [-0.1, -0.05) is 46.9 Å². The Morgan fingerprint density at radius 3 is 2.43 bits per heavy atom. The first-order valence-electron chi connectivity index (χ1n) is 6.31. The van der Waals surface area contributed by atoms with E-state index in [0.29, 0.717) is 21.3 Å². The topological polar surface area (TPSA) is 70.6 Å². The van der Waals surface area contributed by atoms with Crippen LogP contribution in [0.4, 0.5) is 5.69 Å². The summed E-state index contributed by atoms with van der Waals surface area (Å²) in [6.45, 7) is 0. The molecule has 2 amide bonds. The number of hydrogen-bond acceptors (Lipinski definition) is 3. The van der Waals surface area contributed by atoms with Crippen molar-refractivity contribution in [3.63, 3.8) is 0 Å². The number of nitrogens with one attached hydrogen (secondary N) is 2. The van der Waals surface area contributed by atoms with E-state index in [1.165, 1.54) is 24.4 Å². The number of halogens is 3. The molecule has 0 aliphatic carbocycles. The van der Waals surface area contributed by atoms with Crippen molar-refractivity contribution < 1.29 is 9.59 Å². The average Bonchev–Trinajstić information content (AvgIpc) is 2.51. The highest BCUT2D eigenvalue weighted by Crippen LogP contribution is 2.24. The maximum atomic E-state index is 11.7. The number of hydrazone groups is 1. The van der Waals surface area contributed by atoms with E-state index in [9.17, 15) is 9.59 Å². The summed E-state index contributed by atoms with van der Waals surface area (Å²) in [4.78, 5) is 23.3. The van der Waals surface area contributed by atoms with E-state index < -0.39 is 11.8 Å². The van der Waals surface area contributed by atoms with Gasteiger partial charge in [0.15, 0.2) is 0 Å². The SMILES string of the molecule is O=C(N/N=C\c1cccc(Cl)c1)C(=O)Nc1ccc(Cl)c(Cl)c1. The summed E-state index contributed by atoms with van der Waals surface area (Å²) in [7, 11) is 0. The molecule has 0 spiro atoms. The summed E-state index contributed by atoms with van der Waals surface area (Å²) >= 11 is 17.4. The van der Waals surface area contributed by atoms with Crippen molar-refractivity contribution >= 4 is 58.5 Å². The minimum Gasteiger partial charge on any atom is -0.318 e. The van der Waals surface area contributed by atoms with Gasteiger partial charge >= 0.3 is 11.8 Å². The second-order valence-corrected chi connectivity index (χ2v) is 5.59.